The molecule has 20 heavy (non-hydrogen) atoms. The van der Waals surface area contributed by atoms with Gasteiger partial charge in [0.25, 0.3) is 0 Å². The molecule has 6 heteroatoms. The van der Waals surface area contributed by atoms with Gasteiger partial charge in [-0.1, -0.05) is 23.2 Å². The maximum atomic E-state index is 14.1. The zero-order chi connectivity index (χ0) is 14.3. The molecule has 0 aliphatic rings. The fourth-order valence-corrected chi connectivity index (χ4v) is 2.37. The zero-order valence-corrected chi connectivity index (χ0v) is 11.6. The summed E-state index contributed by atoms with van der Waals surface area (Å²) in [4.78, 5) is 8.22. The van der Waals surface area contributed by atoms with Crippen molar-refractivity contribution in [2.75, 3.05) is 5.73 Å². The summed E-state index contributed by atoms with van der Waals surface area (Å²) in [5.74, 6) is -0.555. The molecule has 0 saturated carbocycles. The minimum atomic E-state index is -0.555. The standard InChI is InChI=1S/C14H8Cl2FN3/c15-9-1-2-10(18)14(17)13(9)8-3-7-5-20-12(16)4-11(7)19-6-8/h1-6H,18H2. The van der Waals surface area contributed by atoms with Crippen molar-refractivity contribution in [3.8, 4) is 11.1 Å². The minimum absolute atomic E-state index is 0.0405. The molecule has 0 amide bonds. The van der Waals surface area contributed by atoms with Crippen LogP contribution < -0.4 is 5.73 Å². The molecule has 2 N–H and O–H groups in total. The molecule has 0 spiro atoms. The van der Waals surface area contributed by atoms with Crippen LogP contribution in [0.4, 0.5) is 10.1 Å². The maximum Gasteiger partial charge on any atom is 0.155 e. The molecule has 0 atom stereocenters. The van der Waals surface area contributed by atoms with Gasteiger partial charge in [-0.3, -0.25) is 4.98 Å². The molecule has 3 aromatic rings. The van der Waals surface area contributed by atoms with Crippen LogP contribution in [0.1, 0.15) is 0 Å². The van der Waals surface area contributed by atoms with Gasteiger partial charge in [0.15, 0.2) is 5.82 Å². The molecule has 0 radical (unpaired) electrons. The van der Waals surface area contributed by atoms with Crippen molar-refractivity contribution in [1.82, 2.24) is 9.97 Å². The number of benzene rings is 1. The largest absolute Gasteiger partial charge is 0.396 e. The first-order chi connectivity index (χ1) is 9.56. The SMILES string of the molecule is Nc1ccc(Cl)c(-c2cnc3cc(Cl)ncc3c2)c1F. The first kappa shape index (κ1) is 13.1. The number of nitrogens with two attached hydrogens (primary N) is 1. The van der Waals surface area contributed by atoms with Crippen molar-refractivity contribution in [3.05, 3.63) is 52.7 Å². The molecule has 0 bridgehead atoms. The van der Waals surface area contributed by atoms with Gasteiger partial charge in [-0.25, -0.2) is 9.37 Å². The Morgan fingerprint density at radius 3 is 2.65 bits per heavy atom. The number of rotatable bonds is 1. The Kier molecular flexibility index (Phi) is 3.20. The van der Waals surface area contributed by atoms with Crippen molar-refractivity contribution in [2.24, 2.45) is 0 Å². The van der Waals surface area contributed by atoms with E-state index in [1.54, 1.807) is 24.4 Å². The van der Waals surface area contributed by atoms with E-state index in [0.717, 1.165) is 5.39 Å². The Morgan fingerprint density at radius 1 is 1.05 bits per heavy atom. The summed E-state index contributed by atoms with van der Waals surface area (Å²) in [6.07, 6.45) is 3.11. The summed E-state index contributed by atoms with van der Waals surface area (Å²) in [6.45, 7) is 0. The third-order valence-corrected chi connectivity index (χ3v) is 3.46. The average Bonchev–Trinajstić information content (AvgIpc) is 2.43. The summed E-state index contributed by atoms with van der Waals surface area (Å²) in [6, 6.07) is 6.37. The van der Waals surface area contributed by atoms with Gasteiger partial charge in [-0.2, -0.15) is 0 Å². The van der Waals surface area contributed by atoms with Gasteiger partial charge in [-0.15, -0.1) is 0 Å². The highest BCUT2D eigenvalue weighted by atomic mass is 35.5. The van der Waals surface area contributed by atoms with Gasteiger partial charge in [0.2, 0.25) is 0 Å². The monoisotopic (exact) mass is 307 g/mol. The predicted octanol–water partition coefficient (Wildman–Crippen LogP) is 4.32. The van der Waals surface area contributed by atoms with E-state index in [1.165, 1.54) is 12.3 Å². The molecule has 1 aromatic carbocycles. The summed E-state index contributed by atoms with van der Waals surface area (Å²) >= 11 is 11.9. The normalized spacial score (nSPS) is 10.9. The molecule has 3 rings (SSSR count). The number of anilines is 1. The summed E-state index contributed by atoms with van der Waals surface area (Å²) < 4.78 is 14.1. The molecule has 0 unspecified atom stereocenters. The predicted molar refractivity (Wildman–Crippen MR) is 79.4 cm³/mol. The lowest BCUT2D eigenvalue weighted by Crippen LogP contribution is -1.95. The molecule has 3 nitrogen and oxygen atoms in total. The lowest BCUT2D eigenvalue weighted by molar-refractivity contribution is 0.636. The van der Waals surface area contributed by atoms with Crippen LogP contribution in [0.15, 0.2) is 36.7 Å². The number of hydrogen-bond donors (Lipinski definition) is 1. The second kappa shape index (κ2) is 4.89. The Morgan fingerprint density at radius 2 is 1.85 bits per heavy atom. The first-order valence-corrected chi connectivity index (χ1v) is 6.47. The summed E-state index contributed by atoms with van der Waals surface area (Å²) in [5, 5.41) is 1.37. The number of aromatic nitrogens is 2. The second-order valence-corrected chi connectivity index (χ2v) is 5.04. The fourth-order valence-electron chi connectivity index (χ4n) is 1.97. The molecule has 0 fully saturated rings. The average molecular weight is 308 g/mol. The highest BCUT2D eigenvalue weighted by molar-refractivity contribution is 6.33. The molecule has 100 valence electrons. The smallest absolute Gasteiger partial charge is 0.155 e. The number of hydrogen-bond acceptors (Lipinski definition) is 3. The Hall–Kier alpha value is -1.91. The van der Waals surface area contributed by atoms with E-state index in [0.29, 0.717) is 16.2 Å². The molecule has 0 saturated heterocycles. The highest BCUT2D eigenvalue weighted by Crippen LogP contribution is 2.34. The van der Waals surface area contributed by atoms with Gasteiger partial charge in [0, 0.05) is 35.0 Å². The van der Waals surface area contributed by atoms with E-state index in [4.69, 9.17) is 28.9 Å². The van der Waals surface area contributed by atoms with E-state index in [1.807, 2.05) is 0 Å². The highest BCUT2D eigenvalue weighted by Gasteiger charge is 2.14. The minimum Gasteiger partial charge on any atom is -0.396 e. The van der Waals surface area contributed by atoms with E-state index >= 15 is 0 Å². The van der Waals surface area contributed by atoms with Crippen molar-refractivity contribution in [2.45, 2.75) is 0 Å². The van der Waals surface area contributed by atoms with Crippen molar-refractivity contribution in [3.63, 3.8) is 0 Å². The lowest BCUT2D eigenvalue weighted by Gasteiger charge is -2.09. The van der Waals surface area contributed by atoms with Gasteiger partial charge in [0.05, 0.1) is 16.2 Å². The summed E-state index contributed by atoms with van der Waals surface area (Å²) in [5.41, 5.74) is 7.06. The van der Waals surface area contributed by atoms with E-state index in [-0.39, 0.29) is 16.3 Å². The van der Waals surface area contributed by atoms with Crippen LogP contribution in [0.5, 0.6) is 0 Å². The molecule has 2 aromatic heterocycles. The van der Waals surface area contributed by atoms with E-state index < -0.39 is 5.82 Å². The van der Waals surface area contributed by atoms with E-state index in [9.17, 15) is 4.39 Å². The van der Waals surface area contributed by atoms with Crippen LogP contribution in [0.25, 0.3) is 22.0 Å². The Balaban J connectivity index is 2.25. The van der Waals surface area contributed by atoms with Crippen molar-refractivity contribution in [1.29, 1.82) is 0 Å². The van der Waals surface area contributed by atoms with E-state index in [2.05, 4.69) is 9.97 Å². The second-order valence-electron chi connectivity index (χ2n) is 4.25. The van der Waals surface area contributed by atoms with Crippen LogP contribution in [-0.2, 0) is 0 Å². The number of nitrogen functional groups attached to an aromatic ring is 1. The Labute approximate surface area is 124 Å². The number of fused-ring (bicyclic) bond motifs is 1. The Bertz CT molecular complexity index is 821. The maximum absolute atomic E-state index is 14.1. The third-order valence-electron chi connectivity index (χ3n) is 2.94. The molecule has 2 heterocycles. The first-order valence-electron chi connectivity index (χ1n) is 5.71. The van der Waals surface area contributed by atoms with Crippen LogP contribution in [0.3, 0.4) is 0 Å². The van der Waals surface area contributed by atoms with Crippen LogP contribution in [0.2, 0.25) is 10.2 Å². The molecule has 0 aliphatic carbocycles. The summed E-state index contributed by atoms with van der Waals surface area (Å²) in [7, 11) is 0. The lowest BCUT2D eigenvalue weighted by atomic mass is 10.0. The quantitative estimate of drug-likeness (QED) is 0.538. The zero-order valence-electron chi connectivity index (χ0n) is 10.1. The van der Waals surface area contributed by atoms with Gasteiger partial charge in [0.1, 0.15) is 5.15 Å². The fraction of sp³-hybridized carbons (Fsp3) is 0. The topological polar surface area (TPSA) is 51.8 Å². The number of pyridine rings is 2. The van der Waals surface area contributed by atoms with Gasteiger partial charge < -0.3 is 5.73 Å². The van der Waals surface area contributed by atoms with Crippen molar-refractivity contribution >= 4 is 39.8 Å². The van der Waals surface area contributed by atoms with Crippen LogP contribution >= 0.6 is 23.2 Å². The molecular weight excluding hydrogens is 300 g/mol. The van der Waals surface area contributed by atoms with Gasteiger partial charge >= 0.3 is 0 Å². The molecular formula is C14H8Cl2FN3. The van der Waals surface area contributed by atoms with Crippen LogP contribution in [0, 0.1) is 5.82 Å². The van der Waals surface area contributed by atoms with Crippen molar-refractivity contribution < 1.29 is 4.39 Å². The van der Waals surface area contributed by atoms with Gasteiger partial charge in [-0.05, 0) is 18.2 Å². The molecule has 0 aliphatic heterocycles. The third kappa shape index (κ3) is 2.17. The number of halogens is 3. The number of nitrogens with zero attached hydrogens (tertiary/aromatic N) is 2. The van der Waals surface area contributed by atoms with Crippen LogP contribution in [-0.4, -0.2) is 9.97 Å².